The number of hydrogen-bond acceptors (Lipinski definition) is 5. The van der Waals surface area contributed by atoms with E-state index in [2.05, 4.69) is 26.1 Å². The van der Waals surface area contributed by atoms with Crippen LogP contribution in [0.25, 0.3) is 11.3 Å². The third kappa shape index (κ3) is 6.13. The lowest BCUT2D eigenvalue weighted by molar-refractivity contribution is 0.0639. The monoisotopic (exact) mass is 556 g/mol. The number of benzene rings is 2. The highest BCUT2D eigenvalue weighted by molar-refractivity contribution is 6.72. The first-order valence-corrected chi connectivity index (χ1v) is 16.5. The van der Waals surface area contributed by atoms with Crippen LogP contribution in [0.4, 0.5) is 4.79 Å². The predicted molar refractivity (Wildman–Crippen MR) is 159 cm³/mol. The molecule has 208 valence electrons. The van der Waals surface area contributed by atoms with E-state index >= 15 is 0 Å². The number of fused-ring (bicyclic) bond motifs is 1. The van der Waals surface area contributed by atoms with Crippen molar-refractivity contribution in [2.75, 3.05) is 6.54 Å². The van der Waals surface area contributed by atoms with Crippen molar-refractivity contribution in [2.24, 2.45) is 7.05 Å². The van der Waals surface area contributed by atoms with E-state index in [1.807, 2.05) is 55.2 Å². The SMILES string of the molecule is [B]C(=O)NC(Cc1ccc(-c2cn(C)c(C(C)CC(C)(C)[Si](C)(C)O)n2)cc1)CN1C(=O)c2ccccc2C1=O. The van der Waals surface area contributed by atoms with Crippen molar-refractivity contribution in [3.8, 4) is 11.3 Å². The molecule has 0 saturated carbocycles. The third-order valence-electron chi connectivity index (χ3n) is 8.19. The minimum absolute atomic E-state index is 0.0162. The number of nitrogens with zero attached hydrogens (tertiary/aromatic N) is 3. The molecule has 0 spiro atoms. The third-order valence-corrected chi connectivity index (χ3v) is 11.7. The summed E-state index contributed by atoms with van der Waals surface area (Å²) < 4.78 is 2.05. The minimum atomic E-state index is -2.33. The van der Waals surface area contributed by atoms with Crippen molar-refractivity contribution < 1.29 is 19.2 Å². The van der Waals surface area contributed by atoms with Crippen molar-refractivity contribution in [1.29, 1.82) is 0 Å². The standard InChI is InChI=1S/C30H37BN4O4Si/c1-19(16-30(2,3)40(5,6)39)26-33-25(18-34(26)4)21-13-11-20(12-14-21)15-22(32-29(31)38)17-35-27(36)23-9-7-8-10-24(23)28(35)37/h7-14,18-19,22,39H,15-17H2,1-6H3,(H,32,38). The van der Waals surface area contributed by atoms with Crippen molar-refractivity contribution in [3.63, 3.8) is 0 Å². The Morgan fingerprint density at radius 1 is 1.07 bits per heavy atom. The molecule has 0 saturated heterocycles. The van der Waals surface area contributed by atoms with Gasteiger partial charge >= 0.3 is 0 Å². The van der Waals surface area contributed by atoms with Gasteiger partial charge in [0, 0.05) is 31.3 Å². The molecular weight excluding hydrogens is 519 g/mol. The van der Waals surface area contributed by atoms with Crippen molar-refractivity contribution in [3.05, 3.63) is 77.2 Å². The van der Waals surface area contributed by atoms with Gasteiger partial charge in [-0.15, -0.1) is 0 Å². The van der Waals surface area contributed by atoms with Crippen molar-refractivity contribution in [2.45, 2.75) is 63.7 Å². The van der Waals surface area contributed by atoms with Crippen LogP contribution in [-0.2, 0) is 13.5 Å². The van der Waals surface area contributed by atoms with Crippen LogP contribution >= 0.6 is 0 Å². The number of carbonyl (C=O) groups excluding carboxylic acids is 3. The molecule has 2 radical (unpaired) electrons. The molecule has 0 aliphatic carbocycles. The van der Waals surface area contributed by atoms with E-state index < -0.39 is 20.2 Å². The van der Waals surface area contributed by atoms with Gasteiger partial charge in [0.05, 0.1) is 22.9 Å². The van der Waals surface area contributed by atoms with Gasteiger partial charge in [-0.2, -0.15) is 0 Å². The zero-order valence-electron chi connectivity index (χ0n) is 24.1. The first kappa shape index (κ1) is 29.5. The van der Waals surface area contributed by atoms with Crippen LogP contribution in [0, 0.1) is 0 Å². The van der Waals surface area contributed by atoms with Crippen LogP contribution in [0.5, 0.6) is 0 Å². The maximum absolute atomic E-state index is 12.8. The quantitative estimate of drug-likeness (QED) is 0.280. The zero-order chi connectivity index (χ0) is 29.4. The summed E-state index contributed by atoms with van der Waals surface area (Å²) in [6, 6.07) is 14.0. The Kier molecular flexibility index (Phi) is 8.24. The molecule has 40 heavy (non-hydrogen) atoms. The highest BCUT2D eigenvalue weighted by Crippen LogP contribution is 2.43. The fourth-order valence-electron chi connectivity index (χ4n) is 5.27. The molecule has 3 amide bonds. The van der Waals surface area contributed by atoms with E-state index in [-0.39, 0.29) is 29.3 Å². The van der Waals surface area contributed by atoms with E-state index in [1.54, 1.807) is 24.3 Å². The molecular formula is C30H37BN4O4Si. The second-order valence-electron chi connectivity index (χ2n) is 12.0. The Morgan fingerprint density at radius 2 is 1.65 bits per heavy atom. The van der Waals surface area contributed by atoms with Gasteiger partial charge in [0.2, 0.25) is 7.85 Å². The Balaban J connectivity index is 1.47. The normalized spacial score (nSPS) is 15.2. The van der Waals surface area contributed by atoms with Gasteiger partial charge < -0.3 is 14.7 Å². The Hall–Kier alpha value is -3.50. The number of amides is 3. The number of imide groups is 1. The fraction of sp³-hybridized carbons (Fsp3) is 0.400. The number of aromatic nitrogens is 2. The number of carbonyl (C=O) groups is 3. The summed E-state index contributed by atoms with van der Waals surface area (Å²) in [5.41, 5.74) is 3.45. The summed E-state index contributed by atoms with van der Waals surface area (Å²) >= 11 is 0. The highest BCUT2D eigenvalue weighted by Gasteiger charge is 2.40. The van der Waals surface area contributed by atoms with Gasteiger partial charge in [-0.05, 0) is 48.7 Å². The highest BCUT2D eigenvalue weighted by atomic mass is 28.4. The van der Waals surface area contributed by atoms with Crippen LogP contribution in [-0.4, -0.2) is 65.6 Å². The van der Waals surface area contributed by atoms with Crippen LogP contribution < -0.4 is 5.32 Å². The first-order valence-electron chi connectivity index (χ1n) is 13.5. The molecule has 2 atom stereocenters. The van der Waals surface area contributed by atoms with E-state index in [4.69, 9.17) is 12.8 Å². The maximum Gasteiger partial charge on any atom is 0.261 e. The molecule has 0 fully saturated rings. The first-order chi connectivity index (χ1) is 18.7. The number of rotatable bonds is 10. The molecule has 2 aromatic carbocycles. The molecule has 8 nitrogen and oxygen atoms in total. The predicted octanol–water partition coefficient (Wildman–Crippen LogP) is 4.64. The smallest absolute Gasteiger partial charge is 0.261 e. The maximum atomic E-state index is 12.8. The largest absolute Gasteiger partial charge is 0.432 e. The van der Waals surface area contributed by atoms with Crippen LogP contribution in [0.15, 0.2) is 54.7 Å². The van der Waals surface area contributed by atoms with Crippen molar-refractivity contribution in [1.82, 2.24) is 19.8 Å². The molecule has 10 heteroatoms. The van der Waals surface area contributed by atoms with Gasteiger partial charge in [0.15, 0.2) is 14.1 Å². The minimum Gasteiger partial charge on any atom is -0.432 e. The molecule has 1 aliphatic heterocycles. The number of imidazole rings is 1. The van der Waals surface area contributed by atoms with E-state index in [1.165, 1.54) is 0 Å². The molecule has 3 aromatic rings. The van der Waals surface area contributed by atoms with Crippen LogP contribution in [0.3, 0.4) is 0 Å². The lowest BCUT2D eigenvalue weighted by Gasteiger charge is -2.36. The summed E-state index contributed by atoms with van der Waals surface area (Å²) in [7, 11) is 5.07. The summed E-state index contributed by atoms with van der Waals surface area (Å²) in [6.07, 6.45) is 3.24. The molecule has 2 unspecified atom stereocenters. The number of hydrogen-bond donors (Lipinski definition) is 2. The molecule has 4 rings (SSSR count). The van der Waals surface area contributed by atoms with Gasteiger partial charge in [-0.3, -0.25) is 19.3 Å². The Labute approximate surface area is 238 Å². The molecule has 2 N–H and O–H groups in total. The van der Waals surface area contributed by atoms with Crippen LogP contribution in [0.1, 0.15) is 65.2 Å². The molecule has 2 heterocycles. The average molecular weight is 557 g/mol. The summed E-state index contributed by atoms with van der Waals surface area (Å²) in [5.74, 6) is -0.322. The van der Waals surface area contributed by atoms with Gasteiger partial charge in [-0.1, -0.05) is 57.2 Å². The molecule has 0 bridgehead atoms. The van der Waals surface area contributed by atoms with Crippen molar-refractivity contribution >= 4 is 33.8 Å². The van der Waals surface area contributed by atoms with E-state index in [0.717, 1.165) is 34.0 Å². The second-order valence-corrected chi connectivity index (χ2v) is 16.5. The lowest BCUT2D eigenvalue weighted by atomic mass is 9.97. The number of aryl methyl sites for hydroxylation is 1. The number of nitrogens with one attached hydrogen (secondary N) is 1. The Bertz CT molecular complexity index is 1390. The van der Waals surface area contributed by atoms with Gasteiger partial charge in [0.1, 0.15) is 5.82 Å². The summed E-state index contributed by atoms with van der Waals surface area (Å²) in [4.78, 5) is 54.2. The Morgan fingerprint density at radius 3 is 2.17 bits per heavy atom. The molecule has 1 aliphatic rings. The lowest BCUT2D eigenvalue weighted by Crippen LogP contribution is -2.46. The van der Waals surface area contributed by atoms with E-state index in [9.17, 15) is 19.2 Å². The summed E-state index contributed by atoms with van der Waals surface area (Å²) in [6.45, 7) is 10.4. The van der Waals surface area contributed by atoms with Crippen LogP contribution in [0.2, 0.25) is 18.1 Å². The van der Waals surface area contributed by atoms with Gasteiger partial charge in [0.25, 0.3) is 11.8 Å². The summed E-state index contributed by atoms with van der Waals surface area (Å²) in [5, 5.41) is 2.53. The van der Waals surface area contributed by atoms with Gasteiger partial charge in [-0.25, -0.2) is 4.98 Å². The second kappa shape index (κ2) is 11.2. The average Bonchev–Trinajstić information content (AvgIpc) is 3.37. The molecule has 1 aromatic heterocycles. The zero-order valence-corrected chi connectivity index (χ0v) is 25.1. The fourth-order valence-corrected chi connectivity index (χ4v) is 6.07. The van der Waals surface area contributed by atoms with E-state index in [0.29, 0.717) is 17.5 Å². The topological polar surface area (TPSA) is 105 Å².